The number of hydrogen-bond donors (Lipinski definition) is 1. The standard InChI is InChI=1S/C19H23N5/c1-13(2)8-9-17-18(21-14(3)4)24-12-10-16(22-19(24)23-17)15-7-5-6-11-20-15/h5-14,21H,1-4H3/b9-8+. The molecule has 5 nitrogen and oxygen atoms in total. The molecule has 0 unspecified atom stereocenters. The largest absolute Gasteiger partial charge is 0.367 e. The molecule has 0 fully saturated rings. The predicted octanol–water partition coefficient (Wildman–Crippen LogP) is 4.28. The molecule has 0 aliphatic carbocycles. The van der Waals surface area contributed by atoms with Gasteiger partial charge in [0.05, 0.1) is 11.4 Å². The zero-order valence-electron chi connectivity index (χ0n) is 14.6. The third-order valence-electron chi connectivity index (χ3n) is 3.51. The van der Waals surface area contributed by atoms with Crippen molar-refractivity contribution in [3.63, 3.8) is 0 Å². The van der Waals surface area contributed by atoms with Crippen LogP contribution in [0.4, 0.5) is 5.82 Å². The number of hydrogen-bond acceptors (Lipinski definition) is 4. The van der Waals surface area contributed by atoms with Gasteiger partial charge in [0.1, 0.15) is 11.5 Å². The Morgan fingerprint density at radius 1 is 1.04 bits per heavy atom. The van der Waals surface area contributed by atoms with E-state index in [-0.39, 0.29) is 0 Å². The van der Waals surface area contributed by atoms with E-state index in [2.05, 4.69) is 55.1 Å². The number of aromatic nitrogens is 4. The number of allylic oxidation sites excluding steroid dienone is 1. The van der Waals surface area contributed by atoms with Gasteiger partial charge in [-0.2, -0.15) is 0 Å². The molecule has 0 aliphatic heterocycles. The smallest absolute Gasteiger partial charge is 0.236 e. The van der Waals surface area contributed by atoms with Crippen molar-refractivity contribution in [2.24, 2.45) is 5.92 Å². The fraction of sp³-hybridized carbons (Fsp3) is 0.316. The number of nitrogens with one attached hydrogen (secondary N) is 1. The lowest BCUT2D eigenvalue weighted by molar-refractivity contribution is 0.836. The minimum absolute atomic E-state index is 0.312. The van der Waals surface area contributed by atoms with Gasteiger partial charge in [0.15, 0.2) is 0 Å². The van der Waals surface area contributed by atoms with E-state index in [0.29, 0.717) is 17.7 Å². The highest BCUT2D eigenvalue weighted by Gasteiger charge is 2.13. The van der Waals surface area contributed by atoms with Gasteiger partial charge in [-0.1, -0.05) is 26.0 Å². The van der Waals surface area contributed by atoms with Crippen LogP contribution in [-0.2, 0) is 0 Å². The van der Waals surface area contributed by atoms with Gasteiger partial charge in [-0.05, 0) is 44.0 Å². The summed E-state index contributed by atoms with van der Waals surface area (Å²) in [6, 6.07) is 8.10. The summed E-state index contributed by atoms with van der Waals surface area (Å²) in [4.78, 5) is 13.7. The van der Waals surface area contributed by atoms with Crippen molar-refractivity contribution in [1.29, 1.82) is 0 Å². The van der Waals surface area contributed by atoms with Crippen molar-refractivity contribution in [3.8, 4) is 11.4 Å². The number of anilines is 1. The van der Waals surface area contributed by atoms with Crippen LogP contribution in [0.3, 0.4) is 0 Å². The Kier molecular flexibility index (Phi) is 4.60. The monoisotopic (exact) mass is 321 g/mol. The van der Waals surface area contributed by atoms with Gasteiger partial charge in [0.2, 0.25) is 5.78 Å². The Hall–Kier alpha value is -2.69. The molecule has 3 aromatic heterocycles. The van der Waals surface area contributed by atoms with Crippen LogP contribution < -0.4 is 5.32 Å². The van der Waals surface area contributed by atoms with E-state index in [1.54, 1.807) is 6.20 Å². The maximum absolute atomic E-state index is 4.70. The first-order valence-corrected chi connectivity index (χ1v) is 8.30. The van der Waals surface area contributed by atoms with Crippen molar-refractivity contribution >= 4 is 17.7 Å². The van der Waals surface area contributed by atoms with Crippen molar-refractivity contribution in [3.05, 3.63) is 48.4 Å². The molecule has 0 bridgehead atoms. The van der Waals surface area contributed by atoms with Crippen LogP contribution >= 0.6 is 0 Å². The Morgan fingerprint density at radius 2 is 1.88 bits per heavy atom. The Bertz CT molecular complexity index is 847. The molecular formula is C19H23N5. The first kappa shape index (κ1) is 16.2. The summed E-state index contributed by atoms with van der Waals surface area (Å²) in [6.07, 6.45) is 7.98. The van der Waals surface area contributed by atoms with Crippen molar-refractivity contribution in [2.45, 2.75) is 33.7 Å². The fourth-order valence-electron chi connectivity index (χ4n) is 2.42. The van der Waals surface area contributed by atoms with E-state index < -0.39 is 0 Å². The van der Waals surface area contributed by atoms with Gasteiger partial charge < -0.3 is 5.32 Å². The summed E-state index contributed by atoms with van der Waals surface area (Å²) >= 11 is 0. The van der Waals surface area contributed by atoms with Crippen LogP contribution in [0.25, 0.3) is 23.2 Å². The summed E-state index contributed by atoms with van der Waals surface area (Å²) in [7, 11) is 0. The van der Waals surface area contributed by atoms with E-state index in [9.17, 15) is 0 Å². The van der Waals surface area contributed by atoms with Crippen LogP contribution in [0.5, 0.6) is 0 Å². The van der Waals surface area contributed by atoms with Gasteiger partial charge >= 0.3 is 0 Å². The van der Waals surface area contributed by atoms with Crippen LogP contribution in [0.15, 0.2) is 42.7 Å². The van der Waals surface area contributed by atoms with Gasteiger partial charge in [0, 0.05) is 18.4 Å². The molecule has 0 radical (unpaired) electrons. The number of rotatable bonds is 5. The molecular weight excluding hydrogens is 298 g/mol. The summed E-state index contributed by atoms with van der Waals surface area (Å²) < 4.78 is 1.99. The van der Waals surface area contributed by atoms with E-state index in [1.165, 1.54) is 0 Å². The topological polar surface area (TPSA) is 55.1 Å². The molecule has 3 aromatic rings. The summed E-state index contributed by atoms with van der Waals surface area (Å²) in [5, 5.41) is 3.47. The van der Waals surface area contributed by atoms with Gasteiger partial charge in [-0.3, -0.25) is 9.38 Å². The highest BCUT2D eigenvalue weighted by Crippen LogP contribution is 2.22. The van der Waals surface area contributed by atoms with Crippen LogP contribution in [0.2, 0.25) is 0 Å². The molecule has 0 amide bonds. The Morgan fingerprint density at radius 3 is 2.54 bits per heavy atom. The zero-order valence-corrected chi connectivity index (χ0v) is 14.6. The normalized spacial score (nSPS) is 11.9. The van der Waals surface area contributed by atoms with Crippen molar-refractivity contribution < 1.29 is 0 Å². The molecule has 24 heavy (non-hydrogen) atoms. The maximum Gasteiger partial charge on any atom is 0.236 e. The molecule has 0 saturated carbocycles. The number of nitrogens with zero attached hydrogens (tertiary/aromatic N) is 4. The summed E-state index contributed by atoms with van der Waals surface area (Å²) in [5.74, 6) is 2.11. The van der Waals surface area contributed by atoms with Gasteiger partial charge in [-0.15, -0.1) is 0 Å². The van der Waals surface area contributed by atoms with E-state index in [4.69, 9.17) is 4.98 Å². The van der Waals surface area contributed by atoms with E-state index in [1.807, 2.05) is 34.9 Å². The highest BCUT2D eigenvalue weighted by molar-refractivity contribution is 5.67. The second-order valence-corrected chi connectivity index (χ2v) is 6.45. The average Bonchev–Trinajstić information content (AvgIpc) is 2.90. The van der Waals surface area contributed by atoms with Crippen LogP contribution in [-0.4, -0.2) is 25.4 Å². The van der Waals surface area contributed by atoms with E-state index in [0.717, 1.165) is 22.9 Å². The SMILES string of the molecule is CC(C)/C=C/c1nc2nc(-c3ccccn3)ccn2c1NC(C)C. The van der Waals surface area contributed by atoms with Crippen molar-refractivity contribution in [1.82, 2.24) is 19.4 Å². The minimum Gasteiger partial charge on any atom is -0.367 e. The molecule has 0 spiro atoms. The van der Waals surface area contributed by atoms with Crippen LogP contribution in [0.1, 0.15) is 33.4 Å². The summed E-state index contributed by atoms with van der Waals surface area (Å²) in [6.45, 7) is 8.54. The lowest BCUT2D eigenvalue weighted by Gasteiger charge is -2.10. The first-order valence-electron chi connectivity index (χ1n) is 8.30. The third kappa shape index (κ3) is 3.45. The molecule has 0 atom stereocenters. The maximum atomic E-state index is 4.70. The third-order valence-corrected chi connectivity index (χ3v) is 3.51. The quantitative estimate of drug-likeness (QED) is 0.762. The number of pyridine rings is 1. The second kappa shape index (κ2) is 6.83. The molecule has 0 aromatic carbocycles. The van der Waals surface area contributed by atoms with Gasteiger partial charge in [0.25, 0.3) is 0 Å². The zero-order chi connectivity index (χ0) is 17.1. The highest BCUT2D eigenvalue weighted by atomic mass is 15.2. The first-order chi connectivity index (χ1) is 11.5. The van der Waals surface area contributed by atoms with E-state index >= 15 is 0 Å². The molecule has 5 heteroatoms. The number of imidazole rings is 1. The lowest BCUT2D eigenvalue weighted by atomic mass is 10.2. The molecule has 0 aliphatic rings. The van der Waals surface area contributed by atoms with Crippen molar-refractivity contribution in [2.75, 3.05) is 5.32 Å². The molecule has 3 heterocycles. The summed E-state index contributed by atoms with van der Waals surface area (Å²) in [5.41, 5.74) is 2.58. The fourth-order valence-corrected chi connectivity index (χ4v) is 2.42. The Balaban J connectivity index is 2.10. The predicted molar refractivity (Wildman–Crippen MR) is 98.8 cm³/mol. The van der Waals surface area contributed by atoms with Gasteiger partial charge in [-0.25, -0.2) is 9.97 Å². The van der Waals surface area contributed by atoms with Crippen LogP contribution in [0, 0.1) is 5.92 Å². The molecule has 1 N–H and O–H groups in total. The molecule has 3 rings (SSSR count). The molecule has 0 saturated heterocycles. The minimum atomic E-state index is 0.312. The second-order valence-electron chi connectivity index (χ2n) is 6.45. The average molecular weight is 321 g/mol. The number of fused-ring (bicyclic) bond motifs is 1. The Labute approximate surface area is 142 Å². The lowest BCUT2D eigenvalue weighted by Crippen LogP contribution is -2.12. The molecule has 124 valence electrons.